The first-order chi connectivity index (χ1) is 19.1. The molecule has 12 heteroatoms. The molecular formula is C28H42Cl2N4O6. The van der Waals surface area contributed by atoms with E-state index in [1.807, 2.05) is 0 Å². The van der Waals surface area contributed by atoms with E-state index in [0.717, 1.165) is 26.2 Å². The summed E-state index contributed by atoms with van der Waals surface area (Å²) in [6.07, 6.45) is 0. The molecule has 40 heavy (non-hydrogen) atoms. The number of rotatable bonds is 14. The van der Waals surface area contributed by atoms with Gasteiger partial charge in [0.05, 0.1) is 35.6 Å². The number of carbonyl (C=O) groups is 2. The van der Waals surface area contributed by atoms with Crippen LogP contribution in [-0.2, 0) is 9.47 Å². The molecular weight excluding hydrogens is 559 g/mol. The van der Waals surface area contributed by atoms with Crippen molar-refractivity contribution in [1.29, 1.82) is 0 Å². The Morgan fingerprint density at radius 3 is 1.27 bits per heavy atom. The number of methoxy groups -OCH3 is 2. The maximum Gasteiger partial charge on any atom is 0.342 e. The van der Waals surface area contributed by atoms with Crippen LogP contribution in [0.2, 0.25) is 10.0 Å². The van der Waals surface area contributed by atoms with Crippen molar-refractivity contribution >= 4 is 46.5 Å². The van der Waals surface area contributed by atoms with Gasteiger partial charge in [-0.1, -0.05) is 50.9 Å². The van der Waals surface area contributed by atoms with E-state index in [2.05, 4.69) is 37.5 Å². The van der Waals surface area contributed by atoms with Crippen molar-refractivity contribution in [2.45, 2.75) is 27.7 Å². The number of ether oxygens (including phenoxy) is 4. The van der Waals surface area contributed by atoms with E-state index in [1.54, 1.807) is 0 Å². The Labute approximate surface area is 247 Å². The Morgan fingerprint density at radius 2 is 1.00 bits per heavy atom. The second-order valence-corrected chi connectivity index (χ2v) is 9.29. The number of likely N-dealkylation sites (N-methyl/N-ethyl adjacent to an activating group) is 2. The molecule has 0 aliphatic rings. The van der Waals surface area contributed by atoms with E-state index >= 15 is 0 Å². The highest BCUT2D eigenvalue weighted by molar-refractivity contribution is 6.34. The van der Waals surface area contributed by atoms with Crippen LogP contribution in [0, 0.1) is 0 Å². The van der Waals surface area contributed by atoms with E-state index in [1.165, 1.54) is 38.5 Å². The summed E-state index contributed by atoms with van der Waals surface area (Å²) in [6, 6.07) is 5.97. The lowest BCUT2D eigenvalue weighted by molar-refractivity contribution is 0.0454. The normalized spacial score (nSPS) is 10.7. The fraction of sp³-hybridized carbons (Fsp3) is 0.500. The van der Waals surface area contributed by atoms with Crippen molar-refractivity contribution in [2.24, 2.45) is 0 Å². The average Bonchev–Trinajstić information content (AvgIpc) is 2.95. The van der Waals surface area contributed by atoms with Gasteiger partial charge in [-0.3, -0.25) is 0 Å². The minimum atomic E-state index is -0.462. The summed E-state index contributed by atoms with van der Waals surface area (Å²) in [4.78, 5) is 28.4. The predicted molar refractivity (Wildman–Crippen MR) is 161 cm³/mol. The molecule has 0 aliphatic carbocycles. The first-order valence-electron chi connectivity index (χ1n) is 13.1. The number of hydrogen-bond donors (Lipinski definition) is 2. The number of benzene rings is 2. The van der Waals surface area contributed by atoms with E-state index < -0.39 is 11.9 Å². The third kappa shape index (κ3) is 10.9. The van der Waals surface area contributed by atoms with Crippen LogP contribution in [0.4, 0.5) is 11.4 Å². The summed E-state index contributed by atoms with van der Waals surface area (Å²) in [5.41, 5.74) is 12.6. The van der Waals surface area contributed by atoms with Gasteiger partial charge in [0.1, 0.15) is 35.8 Å². The second-order valence-electron chi connectivity index (χ2n) is 8.47. The zero-order chi connectivity index (χ0) is 30.2. The van der Waals surface area contributed by atoms with Crippen LogP contribution in [0.25, 0.3) is 0 Å². The summed E-state index contributed by atoms with van der Waals surface area (Å²) >= 11 is 11.8. The van der Waals surface area contributed by atoms with Gasteiger partial charge in [0.2, 0.25) is 0 Å². The molecule has 0 fully saturated rings. The summed E-state index contributed by atoms with van der Waals surface area (Å²) in [7, 11) is 2.94. The van der Waals surface area contributed by atoms with Gasteiger partial charge >= 0.3 is 11.9 Å². The standard InChI is InChI=1S/2C14H21ClN2O3/c2*1-4-17(5-2)6-7-20-14(18)10-8-11(15)12(16)9-13(10)19-3/h2*8-9H,4-7,16H2,1-3H3. The third-order valence-electron chi connectivity index (χ3n) is 6.15. The fourth-order valence-corrected chi connectivity index (χ4v) is 3.89. The maximum atomic E-state index is 12.0. The van der Waals surface area contributed by atoms with Crippen molar-refractivity contribution < 1.29 is 28.5 Å². The van der Waals surface area contributed by atoms with Crippen LogP contribution in [0.15, 0.2) is 24.3 Å². The van der Waals surface area contributed by atoms with Crippen LogP contribution in [0.3, 0.4) is 0 Å². The van der Waals surface area contributed by atoms with E-state index in [4.69, 9.17) is 53.6 Å². The van der Waals surface area contributed by atoms with E-state index in [9.17, 15) is 9.59 Å². The van der Waals surface area contributed by atoms with Crippen molar-refractivity contribution in [3.63, 3.8) is 0 Å². The smallest absolute Gasteiger partial charge is 0.342 e. The Bertz CT molecular complexity index is 1010. The van der Waals surface area contributed by atoms with Gasteiger partial charge in [-0.05, 0) is 38.3 Å². The lowest BCUT2D eigenvalue weighted by Crippen LogP contribution is -2.28. The number of nitrogen functional groups attached to an aromatic ring is 2. The van der Waals surface area contributed by atoms with Crippen LogP contribution >= 0.6 is 23.2 Å². The third-order valence-corrected chi connectivity index (χ3v) is 6.80. The average molecular weight is 602 g/mol. The number of halogens is 2. The Morgan fingerprint density at radius 1 is 0.675 bits per heavy atom. The number of nitrogens with zero attached hydrogens (tertiary/aromatic N) is 2. The van der Waals surface area contributed by atoms with Gasteiger partial charge in [-0.15, -0.1) is 0 Å². The molecule has 0 aliphatic heterocycles. The van der Waals surface area contributed by atoms with Crippen LogP contribution < -0.4 is 20.9 Å². The largest absolute Gasteiger partial charge is 0.496 e. The lowest BCUT2D eigenvalue weighted by atomic mass is 10.2. The van der Waals surface area contributed by atoms with Crippen LogP contribution in [0.1, 0.15) is 48.4 Å². The molecule has 0 atom stereocenters. The topological polar surface area (TPSA) is 130 Å². The first kappa shape index (κ1) is 35.1. The highest BCUT2D eigenvalue weighted by Crippen LogP contribution is 2.30. The molecule has 0 saturated carbocycles. The van der Waals surface area contributed by atoms with Gasteiger partial charge in [-0.2, -0.15) is 0 Å². The van der Waals surface area contributed by atoms with Gasteiger partial charge in [0.15, 0.2) is 0 Å². The molecule has 0 saturated heterocycles. The van der Waals surface area contributed by atoms with Crippen LogP contribution in [-0.4, -0.2) is 88.4 Å². The monoisotopic (exact) mass is 600 g/mol. The van der Waals surface area contributed by atoms with E-state index in [-0.39, 0.29) is 11.1 Å². The molecule has 0 amide bonds. The minimum absolute atomic E-state index is 0.284. The Hall–Kier alpha value is -2.92. The van der Waals surface area contributed by atoms with Crippen molar-refractivity contribution in [2.75, 3.05) is 78.2 Å². The molecule has 0 spiro atoms. The van der Waals surface area contributed by atoms with Gasteiger partial charge < -0.3 is 40.2 Å². The first-order valence-corrected chi connectivity index (χ1v) is 13.9. The van der Waals surface area contributed by atoms with Crippen molar-refractivity contribution in [1.82, 2.24) is 9.80 Å². The fourth-order valence-electron chi connectivity index (χ4n) is 3.57. The molecule has 0 unspecified atom stereocenters. The quantitative estimate of drug-likeness (QED) is 0.229. The molecule has 0 bridgehead atoms. The lowest BCUT2D eigenvalue weighted by Gasteiger charge is -2.17. The second kappa shape index (κ2) is 18.4. The zero-order valence-electron chi connectivity index (χ0n) is 24.2. The molecule has 0 aromatic heterocycles. The molecule has 0 radical (unpaired) electrons. The Balaban J connectivity index is 0.000000400. The van der Waals surface area contributed by atoms with Crippen LogP contribution in [0.5, 0.6) is 11.5 Å². The summed E-state index contributed by atoms with van der Waals surface area (Å²) in [6.45, 7) is 14.0. The highest BCUT2D eigenvalue weighted by atomic mass is 35.5. The van der Waals surface area contributed by atoms with Gasteiger partial charge in [-0.25, -0.2) is 9.59 Å². The molecule has 0 heterocycles. The molecule has 4 N–H and O–H groups in total. The minimum Gasteiger partial charge on any atom is -0.496 e. The zero-order valence-corrected chi connectivity index (χ0v) is 25.7. The molecule has 10 nitrogen and oxygen atoms in total. The number of nitrogens with two attached hydrogens (primary N) is 2. The molecule has 2 aromatic carbocycles. The number of anilines is 2. The van der Waals surface area contributed by atoms with Gasteiger partial charge in [0.25, 0.3) is 0 Å². The molecule has 2 rings (SSSR count). The highest BCUT2D eigenvalue weighted by Gasteiger charge is 2.18. The summed E-state index contributed by atoms with van der Waals surface area (Å²) in [5.74, 6) is -0.203. The maximum absolute atomic E-state index is 12.0. The molecule has 224 valence electrons. The van der Waals surface area contributed by atoms with Crippen molar-refractivity contribution in [3.8, 4) is 11.5 Å². The number of hydrogen-bond acceptors (Lipinski definition) is 10. The van der Waals surface area contributed by atoms with E-state index in [0.29, 0.717) is 59.2 Å². The Kier molecular flexibility index (Phi) is 16.2. The number of carbonyl (C=O) groups excluding carboxylic acids is 2. The predicted octanol–water partition coefficient (Wildman–Crippen LogP) is 4.86. The summed E-state index contributed by atoms with van der Waals surface area (Å²) in [5, 5.41) is 0.614. The molecule has 2 aromatic rings. The number of esters is 2. The van der Waals surface area contributed by atoms with Gasteiger partial charge in [0, 0.05) is 25.2 Å². The van der Waals surface area contributed by atoms with Crippen molar-refractivity contribution in [3.05, 3.63) is 45.4 Å². The SMILES string of the molecule is CCN(CC)CCOC(=O)c1cc(Cl)c(N)cc1OC.CCN(CC)CCOC(=O)c1cc(Cl)c(N)cc1OC. The summed E-state index contributed by atoms with van der Waals surface area (Å²) < 4.78 is 20.7.